The highest BCUT2D eigenvalue weighted by atomic mass is 35.5. The van der Waals surface area contributed by atoms with E-state index >= 15 is 0 Å². The molecule has 0 saturated carbocycles. The Kier molecular flexibility index (Phi) is 4.31. The van der Waals surface area contributed by atoms with Gasteiger partial charge in [-0.25, -0.2) is 0 Å². The third-order valence-corrected chi connectivity index (χ3v) is 4.72. The molecule has 122 valence electrons. The molecular formula is C17H18ClNO4. The number of furan rings is 1. The summed E-state index contributed by atoms with van der Waals surface area (Å²) in [7, 11) is 1.39. The number of carbonyl (C=O) groups excluding carboxylic acids is 2. The Morgan fingerprint density at radius 1 is 1.30 bits per heavy atom. The van der Waals surface area contributed by atoms with Crippen molar-refractivity contribution in [2.24, 2.45) is 5.92 Å². The minimum Gasteiger partial charge on any atom is -0.469 e. The second-order valence-corrected chi connectivity index (χ2v) is 6.17. The molecule has 1 aromatic heterocycles. The maximum Gasteiger partial charge on any atom is 0.308 e. The van der Waals surface area contributed by atoms with E-state index in [2.05, 4.69) is 0 Å². The van der Waals surface area contributed by atoms with Gasteiger partial charge in [0, 0.05) is 24.0 Å². The Morgan fingerprint density at radius 3 is 2.61 bits per heavy atom. The standard InChI is InChI=1S/C17H18ClNO4/c1-10-12-4-3-5-13(18)15(12)23-14(10)16(20)19-8-6-11(7-9-19)17(21)22-2/h3-5,11H,6-9H2,1-2H3. The first kappa shape index (κ1) is 15.9. The van der Waals surface area contributed by atoms with Gasteiger partial charge in [-0.3, -0.25) is 9.59 Å². The number of methoxy groups -OCH3 is 1. The van der Waals surface area contributed by atoms with E-state index in [4.69, 9.17) is 20.8 Å². The molecule has 1 aliphatic rings. The number of nitrogens with zero attached hydrogens (tertiary/aromatic N) is 1. The first-order valence-corrected chi connectivity index (χ1v) is 7.95. The van der Waals surface area contributed by atoms with Crippen LogP contribution in [0.25, 0.3) is 11.0 Å². The molecular weight excluding hydrogens is 318 g/mol. The molecule has 2 aromatic rings. The van der Waals surface area contributed by atoms with Crippen LogP contribution >= 0.6 is 11.6 Å². The van der Waals surface area contributed by atoms with Crippen molar-refractivity contribution in [1.29, 1.82) is 0 Å². The molecule has 6 heteroatoms. The average molecular weight is 336 g/mol. The van der Waals surface area contributed by atoms with Crippen molar-refractivity contribution >= 4 is 34.4 Å². The van der Waals surface area contributed by atoms with Crippen molar-refractivity contribution in [3.63, 3.8) is 0 Å². The fraction of sp³-hybridized carbons (Fsp3) is 0.412. The number of carbonyl (C=O) groups is 2. The van der Waals surface area contributed by atoms with Gasteiger partial charge in [0.15, 0.2) is 11.3 Å². The average Bonchev–Trinajstić information content (AvgIpc) is 2.92. The summed E-state index contributed by atoms with van der Waals surface area (Å²) in [5.41, 5.74) is 1.34. The highest BCUT2D eigenvalue weighted by molar-refractivity contribution is 6.35. The molecule has 0 aliphatic carbocycles. The van der Waals surface area contributed by atoms with Crippen LogP contribution in [0.4, 0.5) is 0 Å². The zero-order valence-corrected chi connectivity index (χ0v) is 13.9. The second kappa shape index (κ2) is 6.24. The highest BCUT2D eigenvalue weighted by Crippen LogP contribution is 2.32. The van der Waals surface area contributed by atoms with Crippen LogP contribution in [0.1, 0.15) is 29.0 Å². The number of ether oxygens (including phenoxy) is 1. The van der Waals surface area contributed by atoms with Crippen molar-refractivity contribution < 1.29 is 18.7 Å². The lowest BCUT2D eigenvalue weighted by Gasteiger charge is -2.30. The van der Waals surface area contributed by atoms with E-state index in [9.17, 15) is 9.59 Å². The first-order valence-electron chi connectivity index (χ1n) is 7.57. The lowest BCUT2D eigenvalue weighted by atomic mass is 9.96. The number of hydrogen-bond donors (Lipinski definition) is 0. The SMILES string of the molecule is COC(=O)C1CCN(C(=O)c2oc3c(Cl)cccc3c2C)CC1. The number of aryl methyl sites for hydroxylation is 1. The normalized spacial score (nSPS) is 15.9. The number of para-hydroxylation sites is 1. The predicted molar refractivity (Wildman–Crippen MR) is 86.6 cm³/mol. The molecule has 0 atom stereocenters. The number of benzene rings is 1. The van der Waals surface area contributed by atoms with Crippen molar-refractivity contribution in [2.45, 2.75) is 19.8 Å². The third-order valence-electron chi connectivity index (χ3n) is 4.43. The minimum absolute atomic E-state index is 0.129. The third kappa shape index (κ3) is 2.81. The van der Waals surface area contributed by atoms with E-state index in [-0.39, 0.29) is 17.8 Å². The summed E-state index contributed by atoms with van der Waals surface area (Å²) in [5.74, 6) is -0.165. The molecule has 23 heavy (non-hydrogen) atoms. The van der Waals surface area contributed by atoms with Crippen LogP contribution in [0.2, 0.25) is 5.02 Å². The van der Waals surface area contributed by atoms with Gasteiger partial charge >= 0.3 is 5.97 Å². The van der Waals surface area contributed by atoms with Gasteiger partial charge in [0.05, 0.1) is 18.1 Å². The van der Waals surface area contributed by atoms with E-state index in [1.165, 1.54) is 7.11 Å². The Bertz CT molecular complexity index is 759. The topological polar surface area (TPSA) is 59.8 Å². The summed E-state index contributed by atoms with van der Waals surface area (Å²) in [6.45, 7) is 2.89. The van der Waals surface area contributed by atoms with Crippen molar-refractivity contribution in [1.82, 2.24) is 4.90 Å². The van der Waals surface area contributed by atoms with Crippen LogP contribution in [-0.4, -0.2) is 37.0 Å². The lowest BCUT2D eigenvalue weighted by molar-refractivity contribution is -0.146. The van der Waals surface area contributed by atoms with Gasteiger partial charge < -0.3 is 14.1 Å². The van der Waals surface area contributed by atoms with E-state index in [0.29, 0.717) is 42.3 Å². The molecule has 1 aromatic carbocycles. The summed E-state index contributed by atoms with van der Waals surface area (Å²) < 4.78 is 10.5. The summed E-state index contributed by atoms with van der Waals surface area (Å²) >= 11 is 6.13. The molecule has 0 spiro atoms. The zero-order chi connectivity index (χ0) is 16.6. The minimum atomic E-state index is -0.205. The Labute approximate surface area is 139 Å². The molecule has 3 rings (SSSR count). The number of hydrogen-bond acceptors (Lipinski definition) is 4. The van der Waals surface area contributed by atoms with Gasteiger partial charge in [0.25, 0.3) is 5.91 Å². The summed E-state index contributed by atoms with van der Waals surface area (Å²) in [6.07, 6.45) is 1.22. The smallest absolute Gasteiger partial charge is 0.308 e. The second-order valence-electron chi connectivity index (χ2n) is 5.76. The quantitative estimate of drug-likeness (QED) is 0.789. The number of fused-ring (bicyclic) bond motifs is 1. The summed E-state index contributed by atoms with van der Waals surface area (Å²) in [6, 6.07) is 5.46. The number of halogens is 1. The molecule has 0 bridgehead atoms. The fourth-order valence-corrected chi connectivity index (χ4v) is 3.25. The largest absolute Gasteiger partial charge is 0.469 e. The lowest BCUT2D eigenvalue weighted by Crippen LogP contribution is -2.40. The molecule has 0 radical (unpaired) electrons. The fourth-order valence-electron chi connectivity index (χ4n) is 3.04. The number of likely N-dealkylation sites (tertiary alicyclic amines) is 1. The maximum atomic E-state index is 12.7. The Balaban J connectivity index is 1.81. The predicted octanol–water partition coefficient (Wildman–Crippen LogP) is 3.42. The van der Waals surface area contributed by atoms with Gasteiger partial charge in [-0.05, 0) is 25.8 Å². The van der Waals surface area contributed by atoms with E-state index in [1.807, 2.05) is 19.1 Å². The number of esters is 1. The van der Waals surface area contributed by atoms with Crippen molar-refractivity contribution in [2.75, 3.05) is 20.2 Å². The first-order chi connectivity index (χ1) is 11.0. The Morgan fingerprint density at radius 2 is 2.00 bits per heavy atom. The van der Waals surface area contributed by atoms with Crippen LogP contribution in [0, 0.1) is 12.8 Å². The molecule has 2 heterocycles. The number of amides is 1. The van der Waals surface area contributed by atoms with Crippen LogP contribution in [0.3, 0.4) is 0 Å². The maximum absolute atomic E-state index is 12.7. The van der Waals surface area contributed by atoms with Crippen LogP contribution in [0.5, 0.6) is 0 Å². The number of piperidine rings is 1. The molecule has 1 amide bonds. The number of rotatable bonds is 2. The van der Waals surface area contributed by atoms with Crippen LogP contribution in [-0.2, 0) is 9.53 Å². The molecule has 1 aliphatic heterocycles. The van der Waals surface area contributed by atoms with Gasteiger partial charge in [-0.1, -0.05) is 23.7 Å². The van der Waals surface area contributed by atoms with Gasteiger partial charge in [-0.15, -0.1) is 0 Å². The highest BCUT2D eigenvalue weighted by Gasteiger charge is 2.30. The Hall–Kier alpha value is -2.01. The summed E-state index contributed by atoms with van der Waals surface area (Å²) in [4.78, 5) is 26.0. The molecule has 0 N–H and O–H groups in total. The molecule has 1 saturated heterocycles. The van der Waals surface area contributed by atoms with Gasteiger partial charge in [-0.2, -0.15) is 0 Å². The molecule has 0 unspecified atom stereocenters. The van der Waals surface area contributed by atoms with Crippen molar-refractivity contribution in [3.05, 3.63) is 34.5 Å². The molecule has 1 fully saturated rings. The van der Waals surface area contributed by atoms with E-state index < -0.39 is 0 Å². The van der Waals surface area contributed by atoms with Crippen LogP contribution in [0.15, 0.2) is 22.6 Å². The van der Waals surface area contributed by atoms with Gasteiger partial charge in [0.1, 0.15) is 0 Å². The van der Waals surface area contributed by atoms with Crippen molar-refractivity contribution in [3.8, 4) is 0 Å². The zero-order valence-electron chi connectivity index (χ0n) is 13.1. The molecule has 5 nitrogen and oxygen atoms in total. The van der Waals surface area contributed by atoms with E-state index in [0.717, 1.165) is 10.9 Å². The summed E-state index contributed by atoms with van der Waals surface area (Å²) in [5, 5.41) is 1.35. The monoisotopic (exact) mass is 335 g/mol. The van der Waals surface area contributed by atoms with E-state index in [1.54, 1.807) is 11.0 Å². The van der Waals surface area contributed by atoms with Gasteiger partial charge in [0.2, 0.25) is 0 Å². The van der Waals surface area contributed by atoms with Crippen LogP contribution < -0.4 is 0 Å².